The normalized spacial score (nSPS) is 10.9. The molecule has 132 valence electrons. The molecule has 1 aromatic heterocycles. The molecular weight excluding hydrogens is 349 g/mol. The van der Waals surface area contributed by atoms with E-state index in [0.717, 1.165) is 11.8 Å². The average molecular weight is 361 g/mol. The lowest BCUT2D eigenvalue weighted by Crippen LogP contribution is -1.91. The summed E-state index contributed by atoms with van der Waals surface area (Å²) in [4.78, 5) is 14.0. The van der Waals surface area contributed by atoms with E-state index in [4.69, 9.17) is 4.74 Å². The fourth-order valence-electron chi connectivity index (χ4n) is 2.30. The minimum Gasteiger partial charge on any atom is -0.439 e. The van der Waals surface area contributed by atoms with Crippen LogP contribution in [0.5, 0.6) is 11.6 Å². The van der Waals surface area contributed by atoms with Gasteiger partial charge in [0.1, 0.15) is 17.8 Å². The van der Waals surface area contributed by atoms with Gasteiger partial charge in [0.15, 0.2) is 0 Å². The molecule has 0 aliphatic rings. The van der Waals surface area contributed by atoms with Crippen LogP contribution < -0.4 is 4.74 Å². The summed E-state index contributed by atoms with van der Waals surface area (Å²) in [5.74, 6) is 0.298. The summed E-state index contributed by atoms with van der Waals surface area (Å²) in [6.45, 7) is 0. The standard InChI is InChI=1S/C20H12FN3O3/c21-17-3-1-2-15(11-17)16(12-22)10-14-4-7-19(8-5-14)27-20-9-6-18(13-23-20)24(25)26/h1-11,13H/b16-10+. The third-order valence-electron chi connectivity index (χ3n) is 3.60. The van der Waals surface area contributed by atoms with Crippen LogP contribution >= 0.6 is 0 Å². The van der Waals surface area contributed by atoms with E-state index in [1.54, 1.807) is 42.5 Å². The first-order valence-corrected chi connectivity index (χ1v) is 7.81. The van der Waals surface area contributed by atoms with Gasteiger partial charge in [-0.3, -0.25) is 10.1 Å². The lowest BCUT2D eigenvalue weighted by atomic mass is 10.0. The number of rotatable bonds is 5. The number of allylic oxidation sites excluding steroid dienone is 1. The van der Waals surface area contributed by atoms with Gasteiger partial charge in [-0.1, -0.05) is 24.3 Å². The van der Waals surface area contributed by atoms with Crippen LogP contribution in [0.25, 0.3) is 11.6 Å². The van der Waals surface area contributed by atoms with Crippen molar-refractivity contribution in [3.05, 3.63) is 93.9 Å². The number of hydrogen-bond donors (Lipinski definition) is 0. The Bertz CT molecular complexity index is 1040. The summed E-state index contributed by atoms with van der Waals surface area (Å²) in [6.07, 6.45) is 2.76. The molecule has 0 radical (unpaired) electrons. The summed E-state index contributed by atoms with van der Waals surface area (Å²) in [5.41, 5.74) is 1.44. The molecule has 2 aromatic carbocycles. The second kappa shape index (κ2) is 7.89. The number of nitriles is 1. The Morgan fingerprint density at radius 3 is 2.56 bits per heavy atom. The Labute approximate surface area is 153 Å². The molecule has 6 nitrogen and oxygen atoms in total. The number of halogens is 1. The van der Waals surface area contributed by atoms with Gasteiger partial charge in [-0.25, -0.2) is 9.37 Å². The zero-order chi connectivity index (χ0) is 19.2. The third-order valence-corrected chi connectivity index (χ3v) is 3.60. The van der Waals surface area contributed by atoms with E-state index >= 15 is 0 Å². The Morgan fingerprint density at radius 2 is 1.96 bits per heavy atom. The van der Waals surface area contributed by atoms with Gasteiger partial charge in [-0.15, -0.1) is 0 Å². The second-order valence-electron chi connectivity index (χ2n) is 5.46. The number of ether oxygens (including phenoxy) is 1. The lowest BCUT2D eigenvalue weighted by molar-refractivity contribution is -0.385. The molecule has 0 aliphatic carbocycles. The fourth-order valence-corrected chi connectivity index (χ4v) is 2.30. The van der Waals surface area contributed by atoms with Crippen molar-refractivity contribution in [3.63, 3.8) is 0 Å². The summed E-state index contributed by atoms with van der Waals surface area (Å²) >= 11 is 0. The van der Waals surface area contributed by atoms with Crippen LogP contribution in [0.1, 0.15) is 11.1 Å². The monoisotopic (exact) mass is 361 g/mol. The highest BCUT2D eigenvalue weighted by molar-refractivity contribution is 5.89. The maximum Gasteiger partial charge on any atom is 0.287 e. The van der Waals surface area contributed by atoms with Crippen LogP contribution in [0, 0.1) is 27.3 Å². The van der Waals surface area contributed by atoms with Gasteiger partial charge in [-0.05, 0) is 41.5 Å². The van der Waals surface area contributed by atoms with Crippen molar-refractivity contribution in [1.29, 1.82) is 5.26 Å². The predicted octanol–water partition coefficient (Wildman–Crippen LogP) is 4.99. The number of benzene rings is 2. The minimum atomic E-state index is -0.538. The predicted molar refractivity (Wildman–Crippen MR) is 97.3 cm³/mol. The molecule has 0 unspecified atom stereocenters. The molecule has 0 fully saturated rings. The van der Waals surface area contributed by atoms with E-state index in [2.05, 4.69) is 11.1 Å². The van der Waals surface area contributed by atoms with Gasteiger partial charge in [0, 0.05) is 12.1 Å². The molecule has 0 atom stereocenters. The molecule has 0 amide bonds. The van der Waals surface area contributed by atoms with E-state index in [-0.39, 0.29) is 11.6 Å². The number of nitro groups is 1. The third kappa shape index (κ3) is 4.52. The first-order valence-electron chi connectivity index (χ1n) is 7.81. The van der Waals surface area contributed by atoms with E-state index in [0.29, 0.717) is 16.9 Å². The largest absolute Gasteiger partial charge is 0.439 e. The summed E-state index contributed by atoms with van der Waals surface area (Å²) in [5, 5.41) is 19.9. The first kappa shape index (κ1) is 17.8. The van der Waals surface area contributed by atoms with Crippen LogP contribution in [0.4, 0.5) is 10.1 Å². The van der Waals surface area contributed by atoms with E-state index in [1.165, 1.54) is 24.3 Å². The summed E-state index contributed by atoms with van der Waals surface area (Å²) in [7, 11) is 0. The summed E-state index contributed by atoms with van der Waals surface area (Å²) < 4.78 is 18.9. The molecule has 0 saturated heterocycles. The smallest absolute Gasteiger partial charge is 0.287 e. The number of pyridine rings is 1. The topological polar surface area (TPSA) is 89.0 Å². The Kier molecular flexibility index (Phi) is 5.19. The highest BCUT2D eigenvalue weighted by Crippen LogP contribution is 2.23. The second-order valence-corrected chi connectivity index (χ2v) is 5.46. The van der Waals surface area contributed by atoms with Crippen molar-refractivity contribution in [1.82, 2.24) is 4.98 Å². The van der Waals surface area contributed by atoms with Crippen LogP contribution in [-0.4, -0.2) is 9.91 Å². The van der Waals surface area contributed by atoms with E-state index in [9.17, 15) is 19.8 Å². The van der Waals surface area contributed by atoms with Crippen LogP contribution in [0.15, 0.2) is 66.9 Å². The molecule has 1 heterocycles. The quantitative estimate of drug-likeness (QED) is 0.276. The molecule has 3 rings (SSSR count). The van der Waals surface area contributed by atoms with Gasteiger partial charge < -0.3 is 4.74 Å². The molecule has 0 saturated carbocycles. The first-order chi connectivity index (χ1) is 13.0. The van der Waals surface area contributed by atoms with Crippen LogP contribution in [0.2, 0.25) is 0 Å². The van der Waals surface area contributed by atoms with Crippen molar-refractivity contribution in [3.8, 4) is 17.7 Å². The van der Waals surface area contributed by atoms with E-state index in [1.807, 2.05) is 0 Å². The van der Waals surface area contributed by atoms with Gasteiger partial charge >= 0.3 is 0 Å². The van der Waals surface area contributed by atoms with Crippen LogP contribution in [-0.2, 0) is 0 Å². The molecule has 27 heavy (non-hydrogen) atoms. The van der Waals surface area contributed by atoms with Crippen molar-refractivity contribution in [2.75, 3.05) is 0 Å². The Morgan fingerprint density at radius 1 is 1.19 bits per heavy atom. The molecule has 0 aliphatic heterocycles. The van der Waals surface area contributed by atoms with Gasteiger partial charge in [0.2, 0.25) is 5.88 Å². The fraction of sp³-hybridized carbons (Fsp3) is 0. The Hall–Kier alpha value is -4.05. The molecule has 0 bridgehead atoms. The molecule has 3 aromatic rings. The molecule has 7 heteroatoms. The van der Waals surface area contributed by atoms with Crippen molar-refractivity contribution in [2.45, 2.75) is 0 Å². The highest BCUT2D eigenvalue weighted by Gasteiger charge is 2.07. The Balaban J connectivity index is 1.76. The van der Waals surface area contributed by atoms with E-state index < -0.39 is 10.7 Å². The number of hydrogen-bond acceptors (Lipinski definition) is 5. The minimum absolute atomic E-state index is 0.121. The van der Waals surface area contributed by atoms with Gasteiger partial charge in [0.25, 0.3) is 5.69 Å². The van der Waals surface area contributed by atoms with Crippen LogP contribution in [0.3, 0.4) is 0 Å². The molecule has 0 spiro atoms. The zero-order valence-corrected chi connectivity index (χ0v) is 13.9. The zero-order valence-electron chi connectivity index (χ0n) is 13.9. The number of aromatic nitrogens is 1. The molecular formula is C20H12FN3O3. The number of nitrogens with zero attached hydrogens (tertiary/aromatic N) is 3. The van der Waals surface area contributed by atoms with Crippen molar-refractivity contribution >= 4 is 17.3 Å². The highest BCUT2D eigenvalue weighted by atomic mass is 19.1. The summed E-state index contributed by atoms with van der Waals surface area (Å²) in [6, 6.07) is 17.4. The van der Waals surface area contributed by atoms with Gasteiger partial charge in [-0.2, -0.15) is 5.26 Å². The average Bonchev–Trinajstić information content (AvgIpc) is 2.68. The SMILES string of the molecule is N#C/C(=C\c1ccc(Oc2ccc([N+](=O)[O-])cn2)cc1)c1cccc(F)c1. The van der Waals surface area contributed by atoms with Crippen molar-refractivity contribution in [2.24, 2.45) is 0 Å². The van der Waals surface area contributed by atoms with Gasteiger partial charge in [0.05, 0.1) is 16.6 Å². The van der Waals surface area contributed by atoms with Crippen molar-refractivity contribution < 1.29 is 14.1 Å². The lowest BCUT2D eigenvalue weighted by Gasteiger charge is -2.05. The maximum absolute atomic E-state index is 13.3. The molecule has 0 N–H and O–H groups in total. The maximum atomic E-state index is 13.3.